The molecule has 2 aromatic carbocycles. The quantitative estimate of drug-likeness (QED) is 0.492. The Hall–Kier alpha value is -3.16. The summed E-state index contributed by atoms with van der Waals surface area (Å²) in [5.41, 5.74) is 1.38. The summed E-state index contributed by atoms with van der Waals surface area (Å²) in [5, 5.41) is 4.00. The van der Waals surface area contributed by atoms with E-state index in [1.807, 2.05) is 45.0 Å². The minimum absolute atomic E-state index is 0.103. The fraction of sp³-hybridized carbons (Fsp3) is 0.348. The molecule has 8 heteroatoms. The van der Waals surface area contributed by atoms with Gasteiger partial charge in [0.25, 0.3) is 5.91 Å². The van der Waals surface area contributed by atoms with E-state index in [1.165, 1.54) is 12.1 Å². The predicted molar refractivity (Wildman–Crippen MR) is 110 cm³/mol. The Labute approximate surface area is 178 Å². The van der Waals surface area contributed by atoms with Gasteiger partial charge in [0.1, 0.15) is 0 Å². The Morgan fingerprint density at radius 2 is 1.74 bits per heavy atom. The smallest absolute Gasteiger partial charge is 0.339 e. The van der Waals surface area contributed by atoms with Gasteiger partial charge in [-0.15, -0.1) is 0 Å². The first-order valence-electron chi connectivity index (χ1n) is 10.1. The monoisotopic (exact) mass is 431 g/mol. The highest BCUT2D eigenvalue weighted by Crippen LogP contribution is 2.29. The molecular weight excluding hydrogens is 407 g/mol. The van der Waals surface area contributed by atoms with Crippen LogP contribution >= 0.6 is 0 Å². The molecule has 0 aliphatic rings. The lowest BCUT2D eigenvalue weighted by molar-refractivity contribution is -0.137. The van der Waals surface area contributed by atoms with E-state index in [9.17, 15) is 18.0 Å². The largest absolute Gasteiger partial charge is 0.416 e. The lowest BCUT2D eigenvalue weighted by Gasteiger charge is -2.28. The lowest BCUT2D eigenvalue weighted by Crippen LogP contribution is -2.39. The van der Waals surface area contributed by atoms with Gasteiger partial charge in [0, 0.05) is 30.1 Å². The highest BCUT2D eigenvalue weighted by molar-refractivity contribution is 5.94. The molecule has 31 heavy (non-hydrogen) atoms. The summed E-state index contributed by atoms with van der Waals surface area (Å²) in [5.74, 6) is 0.532. The van der Waals surface area contributed by atoms with Gasteiger partial charge in [-0.25, -0.2) is 0 Å². The van der Waals surface area contributed by atoms with Crippen molar-refractivity contribution in [3.8, 4) is 11.4 Å². The number of hydrogen-bond donors (Lipinski definition) is 0. The number of nitrogens with zero attached hydrogens (tertiary/aromatic N) is 3. The number of carbonyl (C=O) groups excluding carboxylic acids is 1. The first-order valence-corrected chi connectivity index (χ1v) is 10.1. The Kier molecular flexibility index (Phi) is 6.77. The first kappa shape index (κ1) is 22.5. The van der Waals surface area contributed by atoms with Crippen molar-refractivity contribution in [2.75, 3.05) is 6.54 Å². The van der Waals surface area contributed by atoms with Gasteiger partial charge in [-0.2, -0.15) is 18.2 Å². The van der Waals surface area contributed by atoms with Crippen LogP contribution in [0.1, 0.15) is 47.6 Å². The molecule has 0 fully saturated rings. The van der Waals surface area contributed by atoms with E-state index < -0.39 is 11.7 Å². The Morgan fingerprint density at radius 3 is 2.32 bits per heavy atom. The number of aromatic nitrogens is 2. The van der Waals surface area contributed by atoms with Crippen LogP contribution in [0.3, 0.4) is 0 Å². The van der Waals surface area contributed by atoms with Crippen molar-refractivity contribution in [3.63, 3.8) is 0 Å². The average molecular weight is 431 g/mol. The molecule has 0 saturated carbocycles. The van der Waals surface area contributed by atoms with Crippen molar-refractivity contribution >= 4 is 5.91 Å². The molecule has 0 spiro atoms. The van der Waals surface area contributed by atoms with Crippen molar-refractivity contribution < 1.29 is 22.5 Å². The molecule has 3 aromatic rings. The van der Waals surface area contributed by atoms with Crippen molar-refractivity contribution in [1.29, 1.82) is 0 Å². The normalized spacial score (nSPS) is 12.6. The third-order valence-corrected chi connectivity index (χ3v) is 5.19. The van der Waals surface area contributed by atoms with E-state index in [2.05, 4.69) is 10.1 Å². The fourth-order valence-corrected chi connectivity index (χ4v) is 3.10. The second-order valence-corrected chi connectivity index (χ2v) is 7.46. The Bertz CT molecular complexity index is 1010. The zero-order valence-electron chi connectivity index (χ0n) is 17.6. The van der Waals surface area contributed by atoms with E-state index in [0.717, 1.165) is 23.3 Å². The van der Waals surface area contributed by atoms with Crippen LogP contribution in [-0.4, -0.2) is 33.5 Å². The molecular formula is C23H24F3N3O2. The molecule has 1 heterocycles. The molecule has 5 nitrogen and oxygen atoms in total. The van der Waals surface area contributed by atoms with E-state index in [4.69, 9.17) is 4.52 Å². The number of benzene rings is 2. The number of halogens is 3. The number of rotatable bonds is 7. The number of alkyl halides is 3. The number of hydrogen-bond acceptors (Lipinski definition) is 4. The first-order chi connectivity index (χ1) is 14.7. The standard InChI is InChI=1S/C23H24F3N3O2/c1-4-16(3)29(22(30)18-9-11-19(12-10-18)23(24,25)26)14-13-20-27-21(28-31-20)17-7-5-15(2)6-8-17/h5-12,16H,4,13-14H2,1-3H3. The second kappa shape index (κ2) is 9.32. The maximum Gasteiger partial charge on any atom is 0.416 e. The van der Waals surface area contributed by atoms with E-state index in [0.29, 0.717) is 31.1 Å². The Balaban J connectivity index is 1.72. The van der Waals surface area contributed by atoms with Gasteiger partial charge in [-0.3, -0.25) is 4.79 Å². The predicted octanol–water partition coefficient (Wildman–Crippen LogP) is 5.55. The topological polar surface area (TPSA) is 59.2 Å². The van der Waals surface area contributed by atoms with Crippen LogP contribution < -0.4 is 0 Å². The summed E-state index contributed by atoms with van der Waals surface area (Å²) >= 11 is 0. The number of aryl methyl sites for hydroxylation is 1. The molecule has 1 amide bonds. The van der Waals surface area contributed by atoms with Gasteiger partial charge in [0.05, 0.1) is 5.56 Å². The summed E-state index contributed by atoms with van der Waals surface area (Å²) in [6, 6.07) is 11.9. The molecule has 0 saturated heterocycles. The molecule has 0 aliphatic heterocycles. The lowest BCUT2D eigenvalue weighted by atomic mass is 10.1. The van der Waals surface area contributed by atoms with E-state index in [-0.39, 0.29) is 17.5 Å². The number of carbonyl (C=O) groups is 1. The van der Waals surface area contributed by atoms with Crippen molar-refractivity contribution in [3.05, 3.63) is 71.1 Å². The molecule has 1 atom stereocenters. The van der Waals surface area contributed by atoms with Crippen LogP contribution in [0, 0.1) is 6.92 Å². The molecule has 1 aromatic heterocycles. The van der Waals surface area contributed by atoms with Crippen LogP contribution in [0.4, 0.5) is 13.2 Å². The zero-order chi connectivity index (χ0) is 22.6. The highest BCUT2D eigenvalue weighted by atomic mass is 19.4. The third-order valence-electron chi connectivity index (χ3n) is 5.19. The summed E-state index contributed by atoms with van der Waals surface area (Å²) in [6.07, 6.45) is -3.40. The van der Waals surface area contributed by atoms with Gasteiger partial charge in [0.2, 0.25) is 11.7 Å². The second-order valence-electron chi connectivity index (χ2n) is 7.46. The summed E-state index contributed by atoms with van der Waals surface area (Å²) in [6.45, 7) is 6.14. The summed E-state index contributed by atoms with van der Waals surface area (Å²) < 4.78 is 43.7. The van der Waals surface area contributed by atoms with Crippen LogP contribution in [-0.2, 0) is 12.6 Å². The molecule has 1 unspecified atom stereocenters. The minimum atomic E-state index is -4.44. The maximum atomic E-state index is 13.0. The molecule has 164 valence electrons. The Morgan fingerprint density at radius 1 is 1.10 bits per heavy atom. The molecule has 3 rings (SSSR count). The van der Waals surface area contributed by atoms with E-state index >= 15 is 0 Å². The fourth-order valence-electron chi connectivity index (χ4n) is 3.10. The molecule has 0 aliphatic carbocycles. The van der Waals surface area contributed by atoms with E-state index in [1.54, 1.807) is 4.90 Å². The molecule has 0 radical (unpaired) electrons. The molecule has 0 bridgehead atoms. The van der Waals surface area contributed by atoms with Crippen molar-refractivity contribution in [2.24, 2.45) is 0 Å². The average Bonchev–Trinajstić information content (AvgIpc) is 3.22. The van der Waals surface area contributed by atoms with Gasteiger partial charge >= 0.3 is 6.18 Å². The van der Waals surface area contributed by atoms with Gasteiger partial charge in [-0.05, 0) is 44.5 Å². The van der Waals surface area contributed by atoms with Gasteiger partial charge in [0.15, 0.2) is 0 Å². The highest BCUT2D eigenvalue weighted by Gasteiger charge is 2.30. The SMILES string of the molecule is CCC(C)N(CCc1nc(-c2ccc(C)cc2)no1)C(=O)c1ccc(C(F)(F)F)cc1. The zero-order valence-corrected chi connectivity index (χ0v) is 17.6. The summed E-state index contributed by atoms with van der Waals surface area (Å²) in [7, 11) is 0. The van der Waals surface area contributed by atoms with Crippen LogP contribution in [0.5, 0.6) is 0 Å². The summed E-state index contributed by atoms with van der Waals surface area (Å²) in [4.78, 5) is 19.0. The van der Waals surface area contributed by atoms with Crippen LogP contribution in [0.25, 0.3) is 11.4 Å². The maximum absolute atomic E-state index is 13.0. The minimum Gasteiger partial charge on any atom is -0.339 e. The van der Waals surface area contributed by atoms with Gasteiger partial charge in [-0.1, -0.05) is 41.9 Å². The third kappa shape index (κ3) is 5.51. The van der Waals surface area contributed by atoms with Crippen molar-refractivity contribution in [1.82, 2.24) is 15.0 Å². The van der Waals surface area contributed by atoms with Crippen LogP contribution in [0.2, 0.25) is 0 Å². The van der Waals surface area contributed by atoms with Crippen LogP contribution in [0.15, 0.2) is 53.1 Å². The van der Waals surface area contributed by atoms with Crippen molar-refractivity contribution in [2.45, 2.75) is 45.8 Å². The molecule has 0 N–H and O–H groups in total. The number of amides is 1. The van der Waals surface area contributed by atoms with Gasteiger partial charge < -0.3 is 9.42 Å².